The Kier molecular flexibility index (Phi) is 4.88. The van der Waals surface area contributed by atoms with Gasteiger partial charge in [-0.25, -0.2) is 4.39 Å². The summed E-state index contributed by atoms with van der Waals surface area (Å²) in [6.07, 6.45) is 0. The van der Waals surface area contributed by atoms with Crippen molar-refractivity contribution in [3.63, 3.8) is 0 Å². The smallest absolute Gasteiger partial charge is 0.239 e. The Morgan fingerprint density at radius 3 is 2.87 bits per heavy atom. The van der Waals surface area contributed by atoms with Crippen LogP contribution in [-0.2, 0) is 11.3 Å². The third kappa shape index (κ3) is 3.68. The van der Waals surface area contributed by atoms with E-state index in [1.165, 1.54) is 22.7 Å². The fourth-order valence-corrected chi connectivity index (χ4v) is 3.58. The molecule has 0 unspecified atom stereocenters. The van der Waals surface area contributed by atoms with E-state index in [9.17, 15) is 9.18 Å². The summed E-state index contributed by atoms with van der Waals surface area (Å²) in [6, 6.07) is 10.4. The van der Waals surface area contributed by atoms with Gasteiger partial charge in [-0.05, 0) is 24.4 Å². The van der Waals surface area contributed by atoms with E-state index in [1.807, 2.05) is 24.4 Å². The van der Waals surface area contributed by atoms with Crippen molar-refractivity contribution in [1.29, 1.82) is 0 Å². The van der Waals surface area contributed by atoms with Gasteiger partial charge < -0.3 is 0 Å². The number of halogens is 1. The van der Waals surface area contributed by atoms with Crippen molar-refractivity contribution in [2.75, 3.05) is 5.75 Å². The molecular formula is C16H14FN3OS2. The van der Waals surface area contributed by atoms with Crippen LogP contribution < -0.4 is 0 Å². The zero-order valence-electron chi connectivity index (χ0n) is 12.4. The molecule has 0 radical (unpaired) electrons. The maximum absolute atomic E-state index is 13.8. The molecule has 118 valence electrons. The standard InChI is InChI=1S/C16H14FN3OS2/c1-11(14-7-4-8-22-14)18-19-16-20(15(21)10-23-16)9-12-5-2-3-6-13(12)17/h2-8H,9-10H2,1H3/b18-11+,19-16-. The van der Waals surface area contributed by atoms with Crippen LogP contribution in [0.5, 0.6) is 0 Å². The lowest BCUT2D eigenvalue weighted by molar-refractivity contribution is -0.124. The maximum atomic E-state index is 13.8. The van der Waals surface area contributed by atoms with Crippen molar-refractivity contribution in [3.8, 4) is 0 Å². The molecule has 0 spiro atoms. The van der Waals surface area contributed by atoms with Crippen LogP contribution in [-0.4, -0.2) is 27.4 Å². The quantitative estimate of drug-likeness (QED) is 0.625. The molecule has 1 aliphatic heterocycles. The van der Waals surface area contributed by atoms with Crippen molar-refractivity contribution in [1.82, 2.24) is 4.90 Å². The summed E-state index contributed by atoms with van der Waals surface area (Å²) in [5.74, 6) is -0.100. The number of rotatable bonds is 4. The highest BCUT2D eigenvalue weighted by Crippen LogP contribution is 2.23. The number of carbonyl (C=O) groups excluding carboxylic acids is 1. The molecule has 0 bridgehead atoms. The zero-order chi connectivity index (χ0) is 16.2. The van der Waals surface area contributed by atoms with E-state index in [2.05, 4.69) is 10.2 Å². The molecule has 0 saturated carbocycles. The molecule has 0 atom stereocenters. The lowest BCUT2D eigenvalue weighted by atomic mass is 10.2. The summed E-state index contributed by atoms with van der Waals surface area (Å²) >= 11 is 2.91. The summed E-state index contributed by atoms with van der Waals surface area (Å²) < 4.78 is 13.8. The fraction of sp³-hybridized carbons (Fsp3) is 0.188. The first-order valence-electron chi connectivity index (χ1n) is 6.98. The second-order valence-corrected chi connectivity index (χ2v) is 6.80. The SMILES string of the molecule is C/C(=N\N=C1/SCC(=O)N1Cc1ccccc1F)c1cccs1. The van der Waals surface area contributed by atoms with Crippen molar-refractivity contribution >= 4 is 39.9 Å². The zero-order valence-corrected chi connectivity index (χ0v) is 14.0. The normalized spacial score (nSPS) is 17.3. The van der Waals surface area contributed by atoms with Gasteiger partial charge in [-0.15, -0.1) is 16.4 Å². The maximum Gasteiger partial charge on any atom is 0.239 e. The average Bonchev–Trinajstić information content (AvgIpc) is 3.19. The monoisotopic (exact) mass is 347 g/mol. The summed E-state index contributed by atoms with van der Waals surface area (Å²) in [5, 5.41) is 10.9. The first kappa shape index (κ1) is 15.9. The number of hydrogen-bond acceptors (Lipinski definition) is 5. The van der Waals surface area contributed by atoms with Crippen LogP contribution in [0.25, 0.3) is 0 Å². The molecule has 3 rings (SSSR count). The molecule has 2 aromatic rings. The second kappa shape index (κ2) is 7.06. The van der Waals surface area contributed by atoms with E-state index in [4.69, 9.17) is 0 Å². The lowest BCUT2D eigenvalue weighted by Crippen LogP contribution is -2.29. The van der Waals surface area contributed by atoms with Crippen molar-refractivity contribution < 1.29 is 9.18 Å². The van der Waals surface area contributed by atoms with E-state index in [0.717, 1.165) is 10.6 Å². The average molecular weight is 347 g/mol. The van der Waals surface area contributed by atoms with Crippen LogP contribution in [0.15, 0.2) is 52.0 Å². The Hall–Kier alpha value is -1.99. The molecule has 1 fully saturated rings. The van der Waals surface area contributed by atoms with E-state index in [1.54, 1.807) is 29.5 Å². The third-order valence-corrected chi connectivity index (χ3v) is 5.24. The molecule has 23 heavy (non-hydrogen) atoms. The first-order chi connectivity index (χ1) is 11.1. The van der Waals surface area contributed by atoms with Crippen molar-refractivity contribution in [2.24, 2.45) is 10.2 Å². The molecule has 0 N–H and O–H groups in total. The van der Waals surface area contributed by atoms with Gasteiger partial charge in [-0.3, -0.25) is 9.69 Å². The highest BCUT2D eigenvalue weighted by atomic mass is 32.2. The number of carbonyl (C=O) groups is 1. The van der Waals surface area contributed by atoms with Crippen molar-refractivity contribution in [3.05, 3.63) is 58.0 Å². The molecule has 1 aromatic carbocycles. The second-order valence-electron chi connectivity index (χ2n) is 4.91. The molecule has 1 saturated heterocycles. The molecule has 1 aromatic heterocycles. The molecule has 7 heteroatoms. The van der Waals surface area contributed by atoms with Gasteiger partial charge in [0.1, 0.15) is 5.82 Å². The van der Waals surface area contributed by atoms with Gasteiger partial charge in [0.25, 0.3) is 0 Å². The van der Waals surface area contributed by atoms with Crippen LogP contribution in [0.2, 0.25) is 0 Å². The van der Waals surface area contributed by atoms with Crippen molar-refractivity contribution in [2.45, 2.75) is 13.5 Å². The van der Waals surface area contributed by atoms with Crippen LogP contribution in [0.4, 0.5) is 4.39 Å². The van der Waals surface area contributed by atoms with Gasteiger partial charge in [0.2, 0.25) is 5.91 Å². The topological polar surface area (TPSA) is 45.0 Å². The molecule has 1 amide bonds. The Labute approximate surface area is 141 Å². The third-order valence-electron chi connectivity index (χ3n) is 3.31. The predicted octanol–water partition coefficient (Wildman–Crippen LogP) is 3.74. The van der Waals surface area contributed by atoms with Gasteiger partial charge in [-0.1, -0.05) is 36.0 Å². The van der Waals surface area contributed by atoms with Crippen LogP contribution in [0.3, 0.4) is 0 Å². The minimum absolute atomic E-state index is 0.0824. The molecule has 1 aliphatic rings. The fourth-order valence-electron chi connectivity index (χ4n) is 2.08. The van der Waals surface area contributed by atoms with Crippen LogP contribution in [0.1, 0.15) is 17.4 Å². The summed E-state index contributed by atoms with van der Waals surface area (Å²) in [6.45, 7) is 2.05. The highest BCUT2D eigenvalue weighted by molar-refractivity contribution is 8.15. The molecule has 4 nitrogen and oxygen atoms in total. The number of thiophene rings is 1. The Morgan fingerprint density at radius 1 is 1.30 bits per heavy atom. The number of nitrogens with zero attached hydrogens (tertiary/aromatic N) is 3. The summed E-state index contributed by atoms with van der Waals surface area (Å²) in [4.78, 5) is 14.5. The molecule has 2 heterocycles. The van der Waals surface area contributed by atoms with Gasteiger partial charge >= 0.3 is 0 Å². The molecular weight excluding hydrogens is 333 g/mol. The number of amidine groups is 1. The van der Waals surface area contributed by atoms with Gasteiger partial charge in [0, 0.05) is 5.56 Å². The van der Waals surface area contributed by atoms with Gasteiger partial charge in [-0.2, -0.15) is 5.10 Å². The van der Waals surface area contributed by atoms with E-state index in [-0.39, 0.29) is 18.3 Å². The van der Waals surface area contributed by atoms with Gasteiger partial charge in [0.15, 0.2) is 5.17 Å². The molecule has 0 aliphatic carbocycles. The van der Waals surface area contributed by atoms with E-state index >= 15 is 0 Å². The van der Waals surface area contributed by atoms with Crippen LogP contribution in [0, 0.1) is 5.82 Å². The van der Waals surface area contributed by atoms with Gasteiger partial charge in [0.05, 0.1) is 22.9 Å². The minimum atomic E-state index is -0.324. The predicted molar refractivity (Wildman–Crippen MR) is 93.4 cm³/mol. The number of benzene rings is 1. The Balaban J connectivity index is 1.81. The first-order valence-corrected chi connectivity index (χ1v) is 8.84. The highest BCUT2D eigenvalue weighted by Gasteiger charge is 2.29. The van der Waals surface area contributed by atoms with E-state index < -0.39 is 0 Å². The largest absolute Gasteiger partial charge is 0.285 e. The Bertz CT molecular complexity index is 771. The summed E-state index contributed by atoms with van der Waals surface area (Å²) in [7, 11) is 0. The number of thioether (sulfide) groups is 1. The van der Waals surface area contributed by atoms with Crippen LogP contribution >= 0.6 is 23.1 Å². The number of hydrogen-bond donors (Lipinski definition) is 0. The van der Waals surface area contributed by atoms with E-state index in [0.29, 0.717) is 16.5 Å². The minimum Gasteiger partial charge on any atom is -0.285 e. The Morgan fingerprint density at radius 2 is 2.13 bits per heavy atom. The summed E-state index contributed by atoms with van der Waals surface area (Å²) in [5.41, 5.74) is 1.26. The number of amides is 1. The lowest BCUT2D eigenvalue weighted by Gasteiger charge is -2.15.